The monoisotopic (exact) mass is 357 g/mol. The quantitative estimate of drug-likeness (QED) is 0.814. The summed E-state index contributed by atoms with van der Waals surface area (Å²) >= 11 is 3.45. The Morgan fingerprint density at radius 1 is 1.43 bits per heavy atom. The first-order valence-electron chi connectivity index (χ1n) is 7.76. The van der Waals surface area contributed by atoms with Crippen molar-refractivity contribution < 1.29 is 9.13 Å². The molecule has 0 heterocycles. The van der Waals surface area contributed by atoms with Gasteiger partial charge in [0.2, 0.25) is 0 Å². The van der Waals surface area contributed by atoms with Crippen molar-refractivity contribution in [3.63, 3.8) is 0 Å². The molecular formula is C17H25BrFNO. The number of likely N-dealkylation sites (N-methyl/N-ethyl adjacent to an activating group) is 1. The third-order valence-corrected chi connectivity index (χ3v) is 5.22. The Morgan fingerprint density at radius 2 is 2.10 bits per heavy atom. The Labute approximate surface area is 135 Å². The second-order valence-corrected chi connectivity index (χ2v) is 7.02. The van der Waals surface area contributed by atoms with Gasteiger partial charge in [-0.15, -0.1) is 0 Å². The van der Waals surface area contributed by atoms with Crippen LogP contribution >= 0.6 is 15.9 Å². The molecule has 1 N–H and O–H groups in total. The summed E-state index contributed by atoms with van der Waals surface area (Å²) in [5, 5.41) is 3.46. The maximum atomic E-state index is 14.4. The predicted molar refractivity (Wildman–Crippen MR) is 87.9 cm³/mol. The Morgan fingerprint density at radius 3 is 2.67 bits per heavy atom. The smallest absolute Gasteiger partial charge is 0.128 e. The maximum absolute atomic E-state index is 14.4. The fourth-order valence-electron chi connectivity index (χ4n) is 3.38. The van der Waals surface area contributed by atoms with E-state index >= 15 is 0 Å². The first-order chi connectivity index (χ1) is 10.0. The Balaban J connectivity index is 2.38. The molecule has 21 heavy (non-hydrogen) atoms. The predicted octanol–water partition coefficient (Wildman–Crippen LogP) is 4.83. The van der Waals surface area contributed by atoms with Gasteiger partial charge >= 0.3 is 0 Å². The van der Waals surface area contributed by atoms with Crippen molar-refractivity contribution in [2.75, 3.05) is 13.7 Å². The molecule has 4 heteroatoms. The van der Waals surface area contributed by atoms with E-state index in [2.05, 4.69) is 35.1 Å². The van der Waals surface area contributed by atoms with E-state index in [1.807, 2.05) is 6.07 Å². The summed E-state index contributed by atoms with van der Waals surface area (Å²) in [6.07, 6.45) is 4.19. The van der Waals surface area contributed by atoms with Crippen LogP contribution in [0.2, 0.25) is 0 Å². The molecule has 0 bridgehead atoms. The fourth-order valence-corrected chi connectivity index (χ4v) is 3.76. The van der Waals surface area contributed by atoms with Crippen LogP contribution < -0.4 is 5.32 Å². The zero-order valence-electron chi connectivity index (χ0n) is 13.1. The minimum Gasteiger partial charge on any atom is -0.376 e. The highest BCUT2D eigenvalue weighted by molar-refractivity contribution is 9.10. The minimum atomic E-state index is -0.315. The molecule has 1 aromatic carbocycles. The van der Waals surface area contributed by atoms with Gasteiger partial charge in [0.1, 0.15) is 5.82 Å². The molecule has 0 aliphatic heterocycles. The average molecular weight is 358 g/mol. The van der Waals surface area contributed by atoms with Gasteiger partial charge in [-0.2, -0.15) is 0 Å². The highest BCUT2D eigenvalue weighted by Crippen LogP contribution is 2.43. The first-order valence-corrected chi connectivity index (χ1v) is 8.55. The lowest BCUT2D eigenvalue weighted by Gasteiger charge is -2.44. The van der Waals surface area contributed by atoms with Crippen molar-refractivity contribution >= 4 is 15.9 Å². The molecule has 1 aromatic rings. The third-order valence-electron chi connectivity index (χ3n) is 4.73. The van der Waals surface area contributed by atoms with Gasteiger partial charge in [0.05, 0.1) is 11.6 Å². The van der Waals surface area contributed by atoms with Crippen molar-refractivity contribution in [2.45, 2.75) is 51.2 Å². The topological polar surface area (TPSA) is 21.3 Å². The summed E-state index contributed by atoms with van der Waals surface area (Å²) < 4.78 is 21.2. The van der Waals surface area contributed by atoms with Crippen molar-refractivity contribution in [3.8, 4) is 0 Å². The van der Waals surface area contributed by atoms with Crippen LogP contribution in [0.4, 0.5) is 4.39 Å². The molecule has 1 saturated carbocycles. The van der Waals surface area contributed by atoms with E-state index in [4.69, 9.17) is 4.74 Å². The maximum Gasteiger partial charge on any atom is 0.128 e. The van der Waals surface area contributed by atoms with Gasteiger partial charge in [0.15, 0.2) is 0 Å². The van der Waals surface area contributed by atoms with E-state index in [-0.39, 0.29) is 17.5 Å². The number of halogens is 2. The van der Waals surface area contributed by atoms with Crippen molar-refractivity contribution in [1.29, 1.82) is 0 Å². The lowest BCUT2D eigenvalue weighted by atomic mass is 9.73. The number of nitrogens with one attached hydrogen (secondary N) is 1. The molecule has 0 radical (unpaired) electrons. The van der Waals surface area contributed by atoms with Gasteiger partial charge in [-0.05, 0) is 56.3 Å². The van der Waals surface area contributed by atoms with Crippen molar-refractivity contribution in [3.05, 3.63) is 34.1 Å². The largest absolute Gasteiger partial charge is 0.376 e. The van der Waals surface area contributed by atoms with E-state index < -0.39 is 0 Å². The van der Waals surface area contributed by atoms with Gasteiger partial charge in [-0.1, -0.05) is 29.8 Å². The molecule has 2 rings (SSSR count). The first kappa shape index (κ1) is 16.9. The normalized spacial score (nSPS) is 27.6. The lowest BCUT2D eigenvalue weighted by molar-refractivity contribution is -0.0764. The highest BCUT2D eigenvalue weighted by Gasteiger charge is 2.42. The molecule has 1 aliphatic carbocycles. The van der Waals surface area contributed by atoms with Crippen LogP contribution in [-0.2, 0) is 4.74 Å². The van der Waals surface area contributed by atoms with Crippen LogP contribution in [0.5, 0.6) is 0 Å². The van der Waals surface area contributed by atoms with E-state index in [0.29, 0.717) is 5.56 Å². The summed E-state index contributed by atoms with van der Waals surface area (Å²) in [4.78, 5) is 0. The highest BCUT2D eigenvalue weighted by atomic mass is 79.9. The summed E-state index contributed by atoms with van der Waals surface area (Å²) in [6, 6.07) is 5.03. The molecule has 1 aliphatic rings. The summed E-state index contributed by atoms with van der Waals surface area (Å²) in [5.41, 5.74) is 0.382. The molecule has 0 amide bonds. The van der Waals surface area contributed by atoms with Gasteiger partial charge < -0.3 is 10.1 Å². The van der Waals surface area contributed by atoms with E-state index in [0.717, 1.165) is 42.6 Å². The zero-order valence-corrected chi connectivity index (χ0v) is 14.7. The van der Waals surface area contributed by atoms with Gasteiger partial charge in [0, 0.05) is 17.1 Å². The second kappa shape index (κ2) is 7.21. The SMILES string of the molecule is CCNC(c1cc(Br)ccc1F)C1(OC)CCC(C)CC1. The second-order valence-electron chi connectivity index (χ2n) is 6.11. The van der Waals surface area contributed by atoms with E-state index in [9.17, 15) is 4.39 Å². The number of rotatable bonds is 5. The minimum absolute atomic E-state index is 0.113. The molecule has 1 atom stereocenters. The number of ether oxygens (including phenoxy) is 1. The standard InChI is InChI=1S/C17H25BrFNO/c1-4-20-16(14-11-13(18)5-6-15(14)19)17(21-3)9-7-12(2)8-10-17/h5-6,11-12,16,20H,4,7-10H2,1-3H3. The average Bonchev–Trinajstić information content (AvgIpc) is 2.49. The van der Waals surface area contributed by atoms with E-state index in [1.165, 1.54) is 6.07 Å². The number of benzene rings is 1. The molecule has 1 fully saturated rings. The van der Waals surface area contributed by atoms with Gasteiger partial charge in [-0.3, -0.25) is 0 Å². The summed E-state index contributed by atoms with van der Waals surface area (Å²) in [6.45, 7) is 5.12. The lowest BCUT2D eigenvalue weighted by Crippen LogP contribution is -2.48. The van der Waals surface area contributed by atoms with Crippen LogP contribution in [0.25, 0.3) is 0 Å². The molecule has 2 nitrogen and oxygen atoms in total. The number of hydrogen-bond donors (Lipinski definition) is 1. The molecule has 0 saturated heterocycles. The zero-order chi connectivity index (χ0) is 15.5. The Hall–Kier alpha value is -0.450. The van der Waals surface area contributed by atoms with Crippen LogP contribution in [-0.4, -0.2) is 19.3 Å². The van der Waals surface area contributed by atoms with Crippen molar-refractivity contribution in [2.24, 2.45) is 5.92 Å². The van der Waals surface area contributed by atoms with Crippen LogP contribution in [0, 0.1) is 11.7 Å². The Kier molecular flexibility index (Phi) is 5.81. The number of hydrogen-bond acceptors (Lipinski definition) is 2. The van der Waals surface area contributed by atoms with E-state index in [1.54, 1.807) is 13.2 Å². The van der Waals surface area contributed by atoms with Gasteiger partial charge in [-0.25, -0.2) is 4.39 Å². The van der Waals surface area contributed by atoms with Gasteiger partial charge in [0.25, 0.3) is 0 Å². The summed E-state index contributed by atoms with van der Waals surface area (Å²) in [7, 11) is 1.76. The molecule has 1 unspecified atom stereocenters. The van der Waals surface area contributed by atoms with Crippen molar-refractivity contribution in [1.82, 2.24) is 5.32 Å². The number of methoxy groups -OCH3 is 1. The summed E-state index contributed by atoms with van der Waals surface area (Å²) in [5.74, 6) is 0.558. The molecule has 0 aromatic heterocycles. The Bertz CT molecular complexity index is 472. The fraction of sp³-hybridized carbons (Fsp3) is 0.647. The van der Waals surface area contributed by atoms with Crippen LogP contribution in [0.15, 0.2) is 22.7 Å². The van der Waals surface area contributed by atoms with Crippen LogP contribution in [0.1, 0.15) is 51.1 Å². The molecular weight excluding hydrogens is 333 g/mol. The molecule has 118 valence electrons. The molecule has 0 spiro atoms. The van der Waals surface area contributed by atoms with Crippen LogP contribution in [0.3, 0.4) is 0 Å². The third kappa shape index (κ3) is 3.66.